The molecule has 9 nitrogen and oxygen atoms in total. The molecule has 178 valence electrons. The number of fused-ring (bicyclic) bond motifs is 2. The van der Waals surface area contributed by atoms with Crippen LogP contribution in [0.2, 0.25) is 5.02 Å². The van der Waals surface area contributed by atoms with Gasteiger partial charge in [0.05, 0.1) is 24.1 Å². The van der Waals surface area contributed by atoms with Gasteiger partial charge in [-0.1, -0.05) is 29.8 Å². The third-order valence-corrected chi connectivity index (χ3v) is 7.37. The maximum Gasteiger partial charge on any atom is 0.283 e. The monoisotopic (exact) mass is 527 g/mol. The Kier molecular flexibility index (Phi) is 5.99. The van der Waals surface area contributed by atoms with Gasteiger partial charge < -0.3 is 9.30 Å². The molecule has 3 aromatic rings. The van der Waals surface area contributed by atoms with E-state index >= 15 is 0 Å². The van der Waals surface area contributed by atoms with E-state index in [0.29, 0.717) is 29.5 Å². The van der Waals surface area contributed by atoms with Crippen LogP contribution in [0.25, 0.3) is 17.0 Å². The fourth-order valence-electron chi connectivity index (χ4n) is 3.76. The molecule has 1 amide bonds. The summed E-state index contributed by atoms with van der Waals surface area (Å²) in [7, 11) is -3.72. The largest absolute Gasteiger partial charge is 0.492 e. The van der Waals surface area contributed by atoms with E-state index in [-0.39, 0.29) is 21.7 Å². The quantitative estimate of drug-likeness (QED) is 0.396. The molecule has 2 aliphatic rings. The van der Waals surface area contributed by atoms with Crippen molar-refractivity contribution in [2.75, 3.05) is 12.9 Å². The number of carbonyl (C=O) groups excluding carboxylic acids is 1. The fourth-order valence-corrected chi connectivity index (χ4v) is 5.73. The normalized spacial score (nSPS) is 17.1. The summed E-state index contributed by atoms with van der Waals surface area (Å²) >= 11 is 6.68. The van der Waals surface area contributed by atoms with Crippen LogP contribution in [-0.2, 0) is 21.2 Å². The van der Waals surface area contributed by atoms with Crippen molar-refractivity contribution in [1.82, 2.24) is 9.47 Å². The fraction of sp³-hybridized carbons (Fsp3) is 0.130. The van der Waals surface area contributed by atoms with Gasteiger partial charge in [0.25, 0.3) is 5.91 Å². The molecule has 2 aliphatic heterocycles. The number of sulfone groups is 1. The van der Waals surface area contributed by atoms with E-state index in [4.69, 9.17) is 21.7 Å². The summed E-state index contributed by atoms with van der Waals surface area (Å²) in [6.07, 6.45) is 4.43. The van der Waals surface area contributed by atoms with E-state index in [2.05, 4.69) is 9.39 Å². The first kappa shape index (κ1) is 23.3. The highest BCUT2D eigenvalue weighted by Gasteiger charge is 2.41. The first-order chi connectivity index (χ1) is 16.7. The van der Waals surface area contributed by atoms with Crippen molar-refractivity contribution >= 4 is 72.4 Å². The van der Waals surface area contributed by atoms with E-state index in [1.165, 1.54) is 0 Å². The lowest BCUT2D eigenvalue weighted by Gasteiger charge is -2.23. The lowest BCUT2D eigenvalue weighted by molar-refractivity contribution is -0.114. The maximum atomic E-state index is 12.7. The molecule has 0 bridgehead atoms. The Balaban J connectivity index is 1.45. The molecule has 0 spiro atoms. The molecule has 0 radical (unpaired) electrons. The average molecular weight is 528 g/mol. The Hall–Kier alpha value is -3.41. The second-order valence-corrected chi connectivity index (χ2v) is 10.9. The van der Waals surface area contributed by atoms with Gasteiger partial charge in [0, 0.05) is 33.9 Å². The summed E-state index contributed by atoms with van der Waals surface area (Å²) in [6.45, 7) is 0.936. The van der Waals surface area contributed by atoms with Gasteiger partial charge in [0.2, 0.25) is 20.2 Å². The Bertz CT molecular complexity index is 1570. The molecule has 1 aromatic heterocycles. The predicted octanol–water partition coefficient (Wildman–Crippen LogP) is 3.99. The number of hydrogen-bond donors (Lipinski definition) is 1. The lowest BCUT2D eigenvalue weighted by Crippen LogP contribution is -2.45. The zero-order valence-corrected chi connectivity index (χ0v) is 20.7. The topological polar surface area (TPSA) is 117 Å². The summed E-state index contributed by atoms with van der Waals surface area (Å²) in [5.74, 6) is -0.200. The van der Waals surface area contributed by atoms with E-state index in [0.717, 1.165) is 34.0 Å². The summed E-state index contributed by atoms with van der Waals surface area (Å²) < 4.78 is 35.9. The number of ether oxygens (including phenoxy) is 1. The van der Waals surface area contributed by atoms with Crippen molar-refractivity contribution in [1.29, 1.82) is 5.41 Å². The van der Waals surface area contributed by atoms with Gasteiger partial charge in [-0.15, -0.1) is 0 Å². The molecule has 0 aliphatic carbocycles. The van der Waals surface area contributed by atoms with E-state index in [1.54, 1.807) is 30.3 Å². The van der Waals surface area contributed by atoms with Crippen LogP contribution in [0.15, 0.2) is 69.7 Å². The number of carbonyl (C=O) groups is 1. The number of halogens is 1. The van der Waals surface area contributed by atoms with E-state index < -0.39 is 15.7 Å². The molecule has 0 saturated heterocycles. The van der Waals surface area contributed by atoms with Crippen LogP contribution in [-0.4, -0.2) is 52.8 Å². The summed E-state index contributed by atoms with van der Waals surface area (Å²) in [5.41, 5.74) is 1.60. The van der Waals surface area contributed by atoms with Gasteiger partial charge in [-0.25, -0.2) is 13.3 Å². The van der Waals surface area contributed by atoms with Crippen molar-refractivity contribution in [3.8, 4) is 5.75 Å². The average Bonchev–Trinajstić information content (AvgIpc) is 3.40. The number of amidine groups is 3. The third-order valence-electron chi connectivity index (χ3n) is 5.36. The number of aromatic nitrogens is 1. The molecule has 1 N–H and O–H groups in total. The SMILES string of the molecule is CS(=O)(=O)C1=NSC2=NC(=O)/C(=C\c3cn(CCOc4ccc(Cl)cc4)c4ccccc34)C(=N)N21. The molecule has 2 aromatic carbocycles. The Morgan fingerprint density at radius 3 is 2.66 bits per heavy atom. The second-order valence-electron chi connectivity index (χ2n) is 7.78. The number of nitrogens with one attached hydrogen (secondary N) is 1. The van der Waals surface area contributed by atoms with Crippen LogP contribution in [0.1, 0.15) is 5.56 Å². The number of hydrogen-bond acceptors (Lipinski definition) is 7. The number of amides is 1. The lowest BCUT2D eigenvalue weighted by atomic mass is 10.1. The summed E-state index contributed by atoms with van der Waals surface area (Å²) in [6, 6.07) is 14.8. The zero-order chi connectivity index (χ0) is 24.7. The molecule has 0 unspecified atom stereocenters. The summed E-state index contributed by atoms with van der Waals surface area (Å²) in [4.78, 5) is 17.8. The minimum atomic E-state index is -3.72. The van der Waals surface area contributed by atoms with Crippen molar-refractivity contribution in [2.45, 2.75) is 6.54 Å². The van der Waals surface area contributed by atoms with Crippen LogP contribution < -0.4 is 4.74 Å². The number of benzene rings is 2. The minimum absolute atomic E-state index is 0.0204. The molecular weight excluding hydrogens is 510 g/mol. The van der Waals surface area contributed by atoms with Gasteiger partial charge in [0.1, 0.15) is 18.2 Å². The third kappa shape index (κ3) is 4.49. The molecule has 0 atom stereocenters. The molecule has 3 heterocycles. The van der Waals surface area contributed by atoms with E-state index in [1.807, 2.05) is 35.0 Å². The van der Waals surface area contributed by atoms with Crippen LogP contribution >= 0.6 is 23.5 Å². The van der Waals surface area contributed by atoms with Gasteiger partial charge in [-0.05, 0) is 36.4 Å². The molecule has 35 heavy (non-hydrogen) atoms. The smallest absolute Gasteiger partial charge is 0.283 e. The molecular formula is C23H18ClN5O4S2. The second kappa shape index (κ2) is 8.99. The van der Waals surface area contributed by atoms with Gasteiger partial charge in [-0.2, -0.15) is 9.39 Å². The van der Waals surface area contributed by atoms with Crippen LogP contribution in [0.4, 0.5) is 0 Å². The molecule has 5 rings (SSSR count). The van der Waals surface area contributed by atoms with Gasteiger partial charge in [0.15, 0.2) is 0 Å². The van der Waals surface area contributed by atoms with Crippen molar-refractivity contribution in [3.63, 3.8) is 0 Å². The Labute approximate surface area is 210 Å². The van der Waals surface area contributed by atoms with Gasteiger partial charge in [-0.3, -0.25) is 10.2 Å². The highest BCUT2D eigenvalue weighted by molar-refractivity contribution is 8.16. The molecule has 0 fully saturated rings. The first-order valence-corrected chi connectivity index (χ1v) is 13.4. The van der Waals surface area contributed by atoms with Crippen molar-refractivity contribution in [3.05, 3.63) is 70.9 Å². The maximum absolute atomic E-state index is 12.7. The summed E-state index contributed by atoms with van der Waals surface area (Å²) in [5, 5.41) is 9.80. The number of nitrogens with zero attached hydrogens (tertiary/aromatic N) is 4. The molecule has 12 heteroatoms. The highest BCUT2D eigenvalue weighted by Crippen LogP contribution is 2.31. The minimum Gasteiger partial charge on any atom is -0.492 e. The molecule has 0 saturated carbocycles. The number of para-hydroxylation sites is 1. The van der Waals surface area contributed by atoms with Gasteiger partial charge >= 0.3 is 0 Å². The van der Waals surface area contributed by atoms with Crippen LogP contribution in [0.3, 0.4) is 0 Å². The van der Waals surface area contributed by atoms with Crippen LogP contribution in [0.5, 0.6) is 5.75 Å². The zero-order valence-electron chi connectivity index (χ0n) is 18.3. The van der Waals surface area contributed by atoms with E-state index in [9.17, 15) is 13.2 Å². The van der Waals surface area contributed by atoms with Crippen LogP contribution in [0, 0.1) is 5.41 Å². The highest BCUT2D eigenvalue weighted by atomic mass is 35.5. The predicted molar refractivity (Wildman–Crippen MR) is 139 cm³/mol. The van der Waals surface area contributed by atoms with Crippen molar-refractivity contribution < 1.29 is 17.9 Å². The number of rotatable bonds is 5. The number of aliphatic imine (C=N–C) groups is 1. The Morgan fingerprint density at radius 1 is 1.17 bits per heavy atom. The standard InChI is InChI=1S/C23H18ClN5O4S2/c1-35(31,32)23-27-34-22-26-21(30)18(20(25)29(22)23)12-14-13-28(19-5-3-2-4-17(14)19)10-11-33-16-8-6-15(24)7-9-16/h2-9,12-13,25H,10-11H2,1H3/b18-12-,25-20?. The Morgan fingerprint density at radius 2 is 1.91 bits per heavy atom. The first-order valence-electron chi connectivity index (χ1n) is 10.4. The van der Waals surface area contributed by atoms with Crippen molar-refractivity contribution in [2.24, 2.45) is 9.39 Å².